The Balaban J connectivity index is 1.77. The number of thiophene rings is 1. The van der Waals surface area contributed by atoms with E-state index in [1.165, 1.54) is 0 Å². The standard InChI is InChI=1S/C23H24N4O2S/c1-15-7-5-8-16(2)21(15)27-23(29)26-19(22(28)25-12-6-11-24)13-17-14-30-20-10-4-3-9-18(17)20/h3-5,7-10,14,19H,6,12-13H2,1-2H3,(H,25,28)(H2,26,27,29). The number of nitrogens with one attached hydrogen (secondary N) is 3. The third-order valence-corrected chi connectivity index (χ3v) is 5.88. The van der Waals surface area contributed by atoms with E-state index in [9.17, 15) is 9.59 Å². The smallest absolute Gasteiger partial charge is 0.319 e. The monoisotopic (exact) mass is 420 g/mol. The van der Waals surface area contributed by atoms with Crippen LogP contribution in [0.1, 0.15) is 23.1 Å². The van der Waals surface area contributed by atoms with Gasteiger partial charge in [-0.2, -0.15) is 5.26 Å². The van der Waals surface area contributed by atoms with E-state index in [4.69, 9.17) is 5.26 Å². The summed E-state index contributed by atoms with van der Waals surface area (Å²) in [7, 11) is 0. The first kappa shape index (κ1) is 21.3. The molecule has 0 saturated heterocycles. The number of nitrogens with zero attached hydrogens (tertiary/aromatic N) is 1. The van der Waals surface area contributed by atoms with Gasteiger partial charge in [0.2, 0.25) is 5.91 Å². The van der Waals surface area contributed by atoms with Crippen LogP contribution in [-0.2, 0) is 11.2 Å². The molecule has 0 spiro atoms. The number of nitriles is 1. The summed E-state index contributed by atoms with van der Waals surface area (Å²) in [5, 5.41) is 20.2. The van der Waals surface area contributed by atoms with Gasteiger partial charge in [-0.25, -0.2) is 4.79 Å². The van der Waals surface area contributed by atoms with Gasteiger partial charge in [-0.3, -0.25) is 4.79 Å². The number of carbonyl (C=O) groups excluding carboxylic acids is 2. The van der Waals surface area contributed by atoms with Gasteiger partial charge >= 0.3 is 6.03 Å². The largest absolute Gasteiger partial charge is 0.353 e. The van der Waals surface area contributed by atoms with Crippen LogP contribution in [0.25, 0.3) is 10.1 Å². The number of hydrogen-bond donors (Lipinski definition) is 3. The fourth-order valence-corrected chi connectivity index (χ4v) is 4.28. The summed E-state index contributed by atoms with van der Waals surface area (Å²) in [5.41, 5.74) is 3.64. The summed E-state index contributed by atoms with van der Waals surface area (Å²) in [6, 6.07) is 14.6. The van der Waals surface area contributed by atoms with E-state index in [0.717, 1.165) is 32.5 Å². The zero-order valence-electron chi connectivity index (χ0n) is 17.0. The average Bonchev–Trinajstić information content (AvgIpc) is 3.13. The van der Waals surface area contributed by atoms with Gasteiger partial charge in [-0.1, -0.05) is 36.4 Å². The van der Waals surface area contributed by atoms with Gasteiger partial charge in [-0.05, 0) is 47.4 Å². The van der Waals surface area contributed by atoms with Gasteiger partial charge in [0.1, 0.15) is 6.04 Å². The van der Waals surface area contributed by atoms with Crippen LogP contribution in [0, 0.1) is 25.2 Å². The molecule has 1 atom stereocenters. The quantitative estimate of drug-likeness (QED) is 0.498. The predicted octanol–water partition coefficient (Wildman–Crippen LogP) is 4.28. The molecule has 1 heterocycles. The number of rotatable bonds is 7. The van der Waals surface area contributed by atoms with E-state index >= 15 is 0 Å². The second-order valence-corrected chi connectivity index (χ2v) is 7.99. The first-order valence-corrected chi connectivity index (χ1v) is 10.6. The normalized spacial score (nSPS) is 11.5. The molecule has 0 radical (unpaired) electrons. The van der Waals surface area contributed by atoms with Crippen molar-refractivity contribution in [3.63, 3.8) is 0 Å². The Morgan fingerprint density at radius 2 is 1.83 bits per heavy atom. The molecule has 3 N–H and O–H groups in total. The van der Waals surface area contributed by atoms with Crippen LogP contribution in [0.15, 0.2) is 47.8 Å². The lowest BCUT2D eigenvalue weighted by Crippen LogP contribution is -2.49. The average molecular weight is 421 g/mol. The molecule has 0 aliphatic carbocycles. The van der Waals surface area contributed by atoms with Crippen molar-refractivity contribution in [3.05, 3.63) is 64.5 Å². The molecule has 154 valence electrons. The van der Waals surface area contributed by atoms with E-state index in [0.29, 0.717) is 6.42 Å². The topological polar surface area (TPSA) is 94.0 Å². The van der Waals surface area contributed by atoms with Crippen molar-refractivity contribution >= 4 is 39.0 Å². The van der Waals surface area contributed by atoms with Crippen molar-refractivity contribution in [3.8, 4) is 6.07 Å². The molecular weight excluding hydrogens is 396 g/mol. The Bertz CT molecular complexity index is 1080. The molecule has 1 unspecified atom stereocenters. The fourth-order valence-electron chi connectivity index (χ4n) is 3.30. The molecule has 3 rings (SSSR count). The first-order valence-electron chi connectivity index (χ1n) is 9.73. The number of anilines is 1. The van der Waals surface area contributed by atoms with Gasteiger partial charge in [0.15, 0.2) is 0 Å². The summed E-state index contributed by atoms with van der Waals surface area (Å²) in [6.45, 7) is 4.09. The van der Waals surface area contributed by atoms with Gasteiger partial charge in [0.25, 0.3) is 0 Å². The minimum atomic E-state index is -0.758. The number of amides is 3. The van der Waals surface area contributed by atoms with Gasteiger partial charge in [0.05, 0.1) is 12.5 Å². The Kier molecular flexibility index (Phi) is 7.04. The highest BCUT2D eigenvalue weighted by Crippen LogP contribution is 2.26. The molecule has 0 aliphatic rings. The second kappa shape index (κ2) is 9.90. The zero-order chi connectivity index (χ0) is 21.5. The number of hydrogen-bond acceptors (Lipinski definition) is 4. The number of para-hydroxylation sites is 1. The van der Waals surface area contributed by atoms with Gasteiger partial charge < -0.3 is 16.0 Å². The van der Waals surface area contributed by atoms with Crippen molar-refractivity contribution < 1.29 is 9.59 Å². The van der Waals surface area contributed by atoms with E-state index < -0.39 is 12.1 Å². The number of carbonyl (C=O) groups is 2. The number of fused-ring (bicyclic) bond motifs is 1. The summed E-state index contributed by atoms with van der Waals surface area (Å²) in [5.74, 6) is -0.308. The lowest BCUT2D eigenvalue weighted by Gasteiger charge is -2.19. The van der Waals surface area contributed by atoms with E-state index in [1.54, 1.807) is 11.3 Å². The van der Waals surface area contributed by atoms with Crippen LogP contribution in [0.2, 0.25) is 0 Å². The molecular formula is C23H24N4O2S. The van der Waals surface area contributed by atoms with Crippen molar-refractivity contribution in [2.75, 3.05) is 11.9 Å². The molecule has 1 aromatic heterocycles. The number of aryl methyl sites for hydroxylation is 2. The summed E-state index contributed by atoms with van der Waals surface area (Å²) in [4.78, 5) is 25.4. The highest BCUT2D eigenvalue weighted by molar-refractivity contribution is 7.17. The van der Waals surface area contributed by atoms with Crippen LogP contribution in [0.5, 0.6) is 0 Å². The minimum absolute atomic E-state index is 0.217. The first-order chi connectivity index (χ1) is 14.5. The molecule has 2 aromatic carbocycles. The van der Waals surface area contributed by atoms with Crippen LogP contribution < -0.4 is 16.0 Å². The van der Waals surface area contributed by atoms with Crippen molar-refractivity contribution in [2.24, 2.45) is 0 Å². The van der Waals surface area contributed by atoms with Crippen LogP contribution in [0.4, 0.5) is 10.5 Å². The third kappa shape index (κ3) is 5.16. The lowest BCUT2D eigenvalue weighted by atomic mass is 10.0. The summed E-state index contributed by atoms with van der Waals surface area (Å²) < 4.78 is 1.14. The maximum Gasteiger partial charge on any atom is 0.319 e. The van der Waals surface area contributed by atoms with E-state index in [2.05, 4.69) is 16.0 Å². The maximum absolute atomic E-state index is 12.7. The molecule has 0 fully saturated rings. The number of urea groups is 1. The Morgan fingerprint density at radius 1 is 1.10 bits per heavy atom. The van der Waals surface area contributed by atoms with Crippen molar-refractivity contribution in [1.29, 1.82) is 5.26 Å². The molecule has 30 heavy (non-hydrogen) atoms. The summed E-state index contributed by atoms with van der Waals surface area (Å²) >= 11 is 1.61. The molecule has 7 heteroatoms. The van der Waals surface area contributed by atoms with Gasteiger partial charge in [-0.15, -0.1) is 11.3 Å². The highest BCUT2D eigenvalue weighted by Gasteiger charge is 2.23. The SMILES string of the molecule is Cc1cccc(C)c1NC(=O)NC(Cc1csc2ccccc12)C(=O)NCCC#N. The predicted molar refractivity (Wildman–Crippen MR) is 121 cm³/mol. The van der Waals surface area contributed by atoms with Crippen LogP contribution >= 0.6 is 11.3 Å². The fraction of sp³-hybridized carbons (Fsp3) is 0.261. The lowest BCUT2D eigenvalue weighted by molar-refractivity contribution is -0.122. The minimum Gasteiger partial charge on any atom is -0.353 e. The zero-order valence-corrected chi connectivity index (χ0v) is 17.8. The number of benzene rings is 2. The molecule has 0 aliphatic heterocycles. The van der Waals surface area contributed by atoms with E-state index in [-0.39, 0.29) is 18.9 Å². The van der Waals surface area contributed by atoms with Crippen LogP contribution in [-0.4, -0.2) is 24.5 Å². The highest BCUT2D eigenvalue weighted by atomic mass is 32.1. The van der Waals surface area contributed by atoms with Crippen molar-refractivity contribution in [1.82, 2.24) is 10.6 Å². The molecule has 0 saturated carbocycles. The molecule has 3 aromatic rings. The Morgan fingerprint density at radius 3 is 2.57 bits per heavy atom. The van der Waals surface area contributed by atoms with Crippen LogP contribution in [0.3, 0.4) is 0 Å². The molecule has 3 amide bonds. The second-order valence-electron chi connectivity index (χ2n) is 7.08. The van der Waals surface area contributed by atoms with Crippen molar-refractivity contribution in [2.45, 2.75) is 32.7 Å². The summed E-state index contributed by atoms with van der Waals surface area (Å²) in [6.07, 6.45) is 0.580. The van der Waals surface area contributed by atoms with E-state index in [1.807, 2.05) is 67.8 Å². The third-order valence-electron chi connectivity index (χ3n) is 4.86. The maximum atomic E-state index is 12.7. The van der Waals surface area contributed by atoms with Gasteiger partial charge in [0, 0.05) is 23.4 Å². The molecule has 0 bridgehead atoms. The Labute approximate surface area is 179 Å². The molecule has 6 nitrogen and oxygen atoms in total. The Hall–Kier alpha value is -3.37.